The van der Waals surface area contributed by atoms with Crippen molar-refractivity contribution in [1.82, 2.24) is 9.78 Å². The first kappa shape index (κ1) is 8.62. The van der Waals surface area contributed by atoms with Crippen molar-refractivity contribution in [3.05, 3.63) is 11.8 Å². The van der Waals surface area contributed by atoms with Gasteiger partial charge in [-0.3, -0.25) is 4.68 Å². The van der Waals surface area contributed by atoms with Gasteiger partial charge in [-0.05, 0) is 0 Å². The molecule has 0 unspecified atom stereocenters. The van der Waals surface area contributed by atoms with Crippen LogP contribution in [0.4, 0.5) is 5.82 Å². The van der Waals surface area contributed by atoms with E-state index in [1.54, 1.807) is 17.9 Å². The summed E-state index contributed by atoms with van der Waals surface area (Å²) in [4.78, 5) is 0. The van der Waals surface area contributed by atoms with E-state index in [0.29, 0.717) is 18.8 Å². The molecule has 1 heterocycles. The zero-order chi connectivity index (χ0) is 8.97. The second-order valence-electron chi connectivity index (χ2n) is 2.41. The molecule has 64 valence electrons. The molecular formula is C8H12N4. The van der Waals surface area contributed by atoms with Crippen LogP contribution in [-0.2, 0) is 7.05 Å². The monoisotopic (exact) mass is 164 g/mol. The molecule has 0 aliphatic heterocycles. The van der Waals surface area contributed by atoms with E-state index in [-0.39, 0.29) is 0 Å². The minimum Gasteiger partial charge on any atom is -0.383 e. The quantitative estimate of drug-likeness (QED) is 0.560. The summed E-state index contributed by atoms with van der Waals surface area (Å²) in [5.74, 6) is 6.39. The predicted octanol–water partition coefficient (Wildman–Crippen LogP) is -0.297. The summed E-state index contributed by atoms with van der Waals surface area (Å²) in [5.41, 5.74) is 11.7. The average Bonchev–Trinajstić information content (AvgIpc) is 2.36. The van der Waals surface area contributed by atoms with Crippen molar-refractivity contribution in [2.45, 2.75) is 6.42 Å². The molecule has 0 spiro atoms. The lowest BCUT2D eigenvalue weighted by molar-refractivity contribution is 0.779. The average molecular weight is 164 g/mol. The maximum absolute atomic E-state index is 5.65. The lowest BCUT2D eigenvalue weighted by Gasteiger charge is -1.91. The molecule has 0 aliphatic rings. The van der Waals surface area contributed by atoms with E-state index < -0.39 is 0 Å². The third kappa shape index (κ3) is 1.77. The van der Waals surface area contributed by atoms with Crippen LogP contribution >= 0.6 is 0 Å². The Morgan fingerprint density at radius 1 is 1.67 bits per heavy atom. The zero-order valence-electron chi connectivity index (χ0n) is 7.04. The Kier molecular flexibility index (Phi) is 2.72. The number of aromatic nitrogens is 2. The Balaban J connectivity index is 2.78. The van der Waals surface area contributed by atoms with Gasteiger partial charge in [0.05, 0.1) is 11.8 Å². The number of nitrogens with two attached hydrogens (primary N) is 2. The molecule has 0 fully saturated rings. The highest BCUT2D eigenvalue weighted by molar-refractivity contribution is 5.49. The van der Waals surface area contributed by atoms with Crippen molar-refractivity contribution in [2.75, 3.05) is 12.3 Å². The normalized spacial score (nSPS) is 9.17. The van der Waals surface area contributed by atoms with Crippen LogP contribution in [0, 0.1) is 11.8 Å². The predicted molar refractivity (Wildman–Crippen MR) is 48.2 cm³/mol. The Bertz CT molecular complexity index is 316. The molecule has 0 bridgehead atoms. The second-order valence-corrected chi connectivity index (χ2v) is 2.41. The largest absolute Gasteiger partial charge is 0.383 e. The Hall–Kier alpha value is -1.47. The van der Waals surface area contributed by atoms with Gasteiger partial charge in [-0.25, -0.2) is 0 Å². The number of aryl methyl sites for hydroxylation is 1. The molecule has 0 saturated carbocycles. The maximum Gasteiger partial charge on any atom is 0.137 e. The fraction of sp³-hybridized carbons (Fsp3) is 0.375. The standard InChI is InChI=1S/C8H12N4/c1-12-8(10)7(6-11-12)4-2-3-5-9/h6H,3,5,9-10H2,1H3. The van der Waals surface area contributed by atoms with Gasteiger partial charge in [0.15, 0.2) is 0 Å². The van der Waals surface area contributed by atoms with Crippen molar-refractivity contribution in [1.29, 1.82) is 0 Å². The van der Waals surface area contributed by atoms with Crippen molar-refractivity contribution < 1.29 is 0 Å². The number of anilines is 1. The lowest BCUT2D eigenvalue weighted by atomic mass is 10.3. The van der Waals surface area contributed by atoms with Crippen LogP contribution < -0.4 is 11.5 Å². The summed E-state index contributed by atoms with van der Waals surface area (Å²) in [7, 11) is 1.78. The summed E-state index contributed by atoms with van der Waals surface area (Å²) in [6.45, 7) is 0.577. The van der Waals surface area contributed by atoms with Crippen molar-refractivity contribution in [2.24, 2.45) is 12.8 Å². The highest BCUT2D eigenvalue weighted by Gasteiger charge is 1.98. The molecule has 4 nitrogen and oxygen atoms in total. The second kappa shape index (κ2) is 3.79. The van der Waals surface area contributed by atoms with E-state index in [1.807, 2.05) is 0 Å². The van der Waals surface area contributed by atoms with Crippen molar-refractivity contribution >= 4 is 5.82 Å². The summed E-state index contributed by atoms with van der Waals surface area (Å²) in [6, 6.07) is 0. The SMILES string of the molecule is Cn1ncc(C#CCCN)c1N. The van der Waals surface area contributed by atoms with Crippen LogP contribution in [-0.4, -0.2) is 16.3 Å². The molecule has 1 aromatic rings. The van der Waals surface area contributed by atoms with E-state index >= 15 is 0 Å². The van der Waals surface area contributed by atoms with Gasteiger partial charge in [0.1, 0.15) is 5.82 Å². The van der Waals surface area contributed by atoms with E-state index in [0.717, 1.165) is 5.56 Å². The Labute approximate surface area is 71.5 Å². The third-order valence-electron chi connectivity index (χ3n) is 1.48. The van der Waals surface area contributed by atoms with E-state index in [9.17, 15) is 0 Å². The highest BCUT2D eigenvalue weighted by atomic mass is 15.3. The van der Waals surface area contributed by atoms with Crippen LogP contribution in [0.1, 0.15) is 12.0 Å². The minimum atomic E-state index is 0.577. The van der Waals surface area contributed by atoms with Crippen LogP contribution in [0.3, 0.4) is 0 Å². The first-order valence-corrected chi connectivity index (χ1v) is 3.72. The lowest BCUT2D eigenvalue weighted by Crippen LogP contribution is -1.98. The minimum absolute atomic E-state index is 0.577. The molecule has 1 rings (SSSR count). The van der Waals surface area contributed by atoms with Crippen LogP contribution in [0.25, 0.3) is 0 Å². The van der Waals surface area contributed by atoms with E-state index in [4.69, 9.17) is 11.5 Å². The van der Waals surface area contributed by atoms with Crippen LogP contribution in [0.5, 0.6) is 0 Å². The topological polar surface area (TPSA) is 69.9 Å². The molecule has 4 heteroatoms. The molecule has 1 aromatic heterocycles. The molecule has 0 aliphatic carbocycles. The summed E-state index contributed by atoms with van der Waals surface area (Å²) >= 11 is 0. The molecular weight excluding hydrogens is 152 g/mol. The Morgan fingerprint density at radius 3 is 2.92 bits per heavy atom. The molecule has 12 heavy (non-hydrogen) atoms. The van der Waals surface area contributed by atoms with Gasteiger partial charge in [-0.15, -0.1) is 0 Å². The summed E-state index contributed by atoms with van der Waals surface area (Å²) in [5, 5.41) is 3.95. The van der Waals surface area contributed by atoms with Crippen molar-refractivity contribution in [3.63, 3.8) is 0 Å². The van der Waals surface area contributed by atoms with Gasteiger partial charge >= 0.3 is 0 Å². The van der Waals surface area contributed by atoms with Gasteiger partial charge in [-0.2, -0.15) is 5.10 Å². The number of hydrogen-bond donors (Lipinski definition) is 2. The third-order valence-corrected chi connectivity index (χ3v) is 1.48. The molecule has 0 atom stereocenters. The van der Waals surface area contributed by atoms with Gasteiger partial charge in [0, 0.05) is 20.0 Å². The van der Waals surface area contributed by atoms with Gasteiger partial charge in [-0.1, -0.05) is 11.8 Å². The smallest absolute Gasteiger partial charge is 0.137 e. The first-order valence-electron chi connectivity index (χ1n) is 3.72. The maximum atomic E-state index is 5.65. The number of rotatable bonds is 1. The first-order chi connectivity index (χ1) is 5.75. The van der Waals surface area contributed by atoms with E-state index in [2.05, 4.69) is 16.9 Å². The number of hydrogen-bond acceptors (Lipinski definition) is 3. The molecule has 0 amide bonds. The van der Waals surface area contributed by atoms with E-state index in [1.165, 1.54) is 0 Å². The highest BCUT2D eigenvalue weighted by Crippen LogP contribution is 2.06. The fourth-order valence-electron chi connectivity index (χ4n) is 0.773. The Morgan fingerprint density at radius 2 is 2.42 bits per heavy atom. The summed E-state index contributed by atoms with van der Waals surface area (Å²) in [6.07, 6.45) is 2.34. The molecule has 0 radical (unpaired) electrons. The number of nitrogens with zero attached hydrogens (tertiary/aromatic N) is 2. The van der Waals surface area contributed by atoms with Crippen molar-refractivity contribution in [3.8, 4) is 11.8 Å². The van der Waals surface area contributed by atoms with Gasteiger partial charge < -0.3 is 11.5 Å². The molecule has 4 N–H and O–H groups in total. The van der Waals surface area contributed by atoms with Gasteiger partial charge in [0.2, 0.25) is 0 Å². The number of nitrogen functional groups attached to an aromatic ring is 1. The van der Waals surface area contributed by atoms with Crippen LogP contribution in [0.15, 0.2) is 6.20 Å². The molecule has 0 aromatic carbocycles. The summed E-state index contributed by atoms with van der Waals surface area (Å²) < 4.78 is 1.59. The fourth-order valence-corrected chi connectivity index (χ4v) is 0.773. The molecule has 0 saturated heterocycles. The van der Waals surface area contributed by atoms with Gasteiger partial charge in [0.25, 0.3) is 0 Å². The van der Waals surface area contributed by atoms with Crippen LogP contribution in [0.2, 0.25) is 0 Å². The zero-order valence-corrected chi connectivity index (χ0v) is 7.04.